The fraction of sp³-hybridized carbons (Fsp3) is 0.417. The van der Waals surface area contributed by atoms with E-state index < -0.39 is 5.97 Å². The van der Waals surface area contributed by atoms with Crippen LogP contribution in [0.4, 0.5) is 0 Å². The molecule has 1 N–H and O–H groups in total. The van der Waals surface area contributed by atoms with Crippen molar-refractivity contribution in [2.75, 3.05) is 0 Å². The van der Waals surface area contributed by atoms with Crippen molar-refractivity contribution < 1.29 is 9.90 Å². The van der Waals surface area contributed by atoms with Gasteiger partial charge in [0.1, 0.15) is 5.82 Å². The van der Waals surface area contributed by atoms with Gasteiger partial charge in [0.25, 0.3) is 0 Å². The maximum Gasteiger partial charge on any atom is 0.309 e. The van der Waals surface area contributed by atoms with Gasteiger partial charge in [-0.15, -0.1) is 10.2 Å². The highest BCUT2D eigenvalue weighted by atomic mass is 16.4. The molecule has 0 amide bonds. The van der Waals surface area contributed by atoms with Gasteiger partial charge in [-0.1, -0.05) is 12.5 Å². The summed E-state index contributed by atoms with van der Waals surface area (Å²) in [4.78, 5) is 10.8. The summed E-state index contributed by atoms with van der Waals surface area (Å²) in [6.45, 7) is 0. The van der Waals surface area contributed by atoms with Crippen molar-refractivity contribution in [3.63, 3.8) is 0 Å². The van der Waals surface area contributed by atoms with Crippen molar-refractivity contribution in [1.29, 1.82) is 0 Å². The number of aromatic nitrogens is 3. The quantitative estimate of drug-likeness (QED) is 0.871. The number of fused-ring (bicyclic) bond motifs is 1. The van der Waals surface area contributed by atoms with Crippen molar-refractivity contribution in [3.8, 4) is 0 Å². The minimum absolute atomic E-state index is 0.00903. The second kappa shape index (κ2) is 3.84. The number of nitrogens with zero attached hydrogens (tertiary/aromatic N) is 3. The summed E-state index contributed by atoms with van der Waals surface area (Å²) >= 11 is 0. The molecule has 1 aliphatic carbocycles. The van der Waals surface area contributed by atoms with Crippen LogP contribution in [0.3, 0.4) is 0 Å². The Morgan fingerprint density at radius 2 is 2.24 bits per heavy atom. The third kappa shape index (κ3) is 1.67. The first-order chi connectivity index (χ1) is 8.25. The van der Waals surface area contributed by atoms with Crippen LogP contribution in [-0.4, -0.2) is 25.7 Å². The fourth-order valence-electron chi connectivity index (χ4n) is 2.25. The van der Waals surface area contributed by atoms with Crippen LogP contribution in [0, 0.1) is 0 Å². The Morgan fingerprint density at radius 3 is 2.88 bits per heavy atom. The van der Waals surface area contributed by atoms with Crippen molar-refractivity contribution in [2.24, 2.45) is 0 Å². The van der Waals surface area contributed by atoms with E-state index in [1.807, 2.05) is 22.6 Å². The fourth-order valence-corrected chi connectivity index (χ4v) is 2.25. The first-order valence-corrected chi connectivity index (χ1v) is 5.80. The predicted molar refractivity (Wildman–Crippen MR) is 60.9 cm³/mol. The summed E-state index contributed by atoms with van der Waals surface area (Å²) in [6, 6.07) is 5.51. The van der Waals surface area contributed by atoms with Crippen LogP contribution in [0.2, 0.25) is 0 Å². The molecule has 88 valence electrons. The summed E-state index contributed by atoms with van der Waals surface area (Å²) < 4.78 is 1.90. The lowest BCUT2D eigenvalue weighted by atomic mass is 9.85. The molecule has 1 aliphatic rings. The lowest BCUT2D eigenvalue weighted by Crippen LogP contribution is -2.15. The van der Waals surface area contributed by atoms with E-state index in [2.05, 4.69) is 10.2 Å². The molecule has 1 fully saturated rings. The Balaban J connectivity index is 2.13. The van der Waals surface area contributed by atoms with Crippen molar-refractivity contribution in [3.05, 3.63) is 29.7 Å². The third-order valence-corrected chi connectivity index (χ3v) is 3.34. The van der Waals surface area contributed by atoms with Gasteiger partial charge in [-0.3, -0.25) is 9.20 Å². The normalized spacial score (nSPS) is 16.0. The topological polar surface area (TPSA) is 67.5 Å². The van der Waals surface area contributed by atoms with Gasteiger partial charge >= 0.3 is 5.97 Å². The zero-order valence-corrected chi connectivity index (χ0v) is 9.33. The highest BCUT2D eigenvalue weighted by molar-refractivity contribution is 5.70. The van der Waals surface area contributed by atoms with E-state index in [9.17, 15) is 4.79 Å². The molecule has 0 saturated heterocycles. The minimum atomic E-state index is -0.828. The van der Waals surface area contributed by atoms with Crippen molar-refractivity contribution in [2.45, 2.75) is 31.6 Å². The van der Waals surface area contributed by atoms with Gasteiger partial charge in [-0.25, -0.2) is 0 Å². The van der Waals surface area contributed by atoms with E-state index >= 15 is 0 Å². The van der Waals surface area contributed by atoms with Crippen LogP contribution in [0.15, 0.2) is 18.2 Å². The van der Waals surface area contributed by atoms with Crippen molar-refractivity contribution >= 4 is 11.6 Å². The first kappa shape index (κ1) is 10.3. The molecule has 1 saturated carbocycles. The van der Waals surface area contributed by atoms with Crippen LogP contribution >= 0.6 is 0 Å². The number of carbonyl (C=O) groups is 1. The molecule has 0 aromatic carbocycles. The van der Waals surface area contributed by atoms with Crippen LogP contribution < -0.4 is 0 Å². The second-order valence-electron chi connectivity index (χ2n) is 4.47. The molecule has 3 rings (SSSR count). The SMILES string of the molecule is O=C(O)Cc1cccc2nnc(C3CCC3)n12. The zero-order valence-electron chi connectivity index (χ0n) is 9.33. The van der Waals surface area contributed by atoms with Gasteiger partial charge in [0, 0.05) is 11.6 Å². The molecule has 0 unspecified atom stereocenters. The first-order valence-electron chi connectivity index (χ1n) is 5.80. The molecule has 0 atom stereocenters. The standard InChI is InChI=1S/C12H13N3O2/c16-11(17)7-9-5-2-6-10-13-14-12(15(9)10)8-3-1-4-8/h2,5-6,8H,1,3-4,7H2,(H,16,17). The second-order valence-corrected chi connectivity index (χ2v) is 4.47. The lowest BCUT2D eigenvalue weighted by Gasteiger charge is -2.23. The maximum absolute atomic E-state index is 10.8. The number of pyridine rings is 1. The van der Waals surface area contributed by atoms with Crippen LogP contribution in [0.1, 0.15) is 36.7 Å². The average Bonchev–Trinajstić information content (AvgIpc) is 2.60. The number of carboxylic acid groups (broad SMARTS) is 1. The van der Waals surface area contributed by atoms with Gasteiger partial charge in [0.2, 0.25) is 0 Å². The Morgan fingerprint density at radius 1 is 1.41 bits per heavy atom. The molecule has 0 spiro atoms. The number of hydrogen-bond donors (Lipinski definition) is 1. The minimum Gasteiger partial charge on any atom is -0.481 e. The molecule has 0 aliphatic heterocycles. The number of rotatable bonds is 3. The van der Waals surface area contributed by atoms with Crippen LogP contribution in [0.5, 0.6) is 0 Å². The van der Waals surface area contributed by atoms with Gasteiger partial charge in [-0.2, -0.15) is 0 Å². The summed E-state index contributed by atoms with van der Waals surface area (Å²) in [5.41, 5.74) is 1.49. The summed E-state index contributed by atoms with van der Waals surface area (Å²) in [7, 11) is 0. The van der Waals surface area contributed by atoms with E-state index in [1.54, 1.807) is 0 Å². The average molecular weight is 231 g/mol. The van der Waals surface area contributed by atoms with Gasteiger partial charge in [0.15, 0.2) is 5.65 Å². The lowest BCUT2D eigenvalue weighted by molar-refractivity contribution is -0.136. The monoisotopic (exact) mass is 231 g/mol. The number of hydrogen-bond acceptors (Lipinski definition) is 3. The van der Waals surface area contributed by atoms with Crippen LogP contribution in [0.25, 0.3) is 5.65 Å². The van der Waals surface area contributed by atoms with Gasteiger partial charge in [-0.05, 0) is 25.0 Å². The largest absolute Gasteiger partial charge is 0.481 e. The predicted octanol–water partition coefficient (Wildman–Crippen LogP) is 1.62. The Labute approximate surface area is 98.1 Å². The summed E-state index contributed by atoms with van der Waals surface area (Å²) in [5.74, 6) is 0.536. The van der Waals surface area contributed by atoms with E-state index in [0.717, 1.165) is 30.0 Å². The van der Waals surface area contributed by atoms with Gasteiger partial charge in [0.05, 0.1) is 6.42 Å². The van der Waals surface area contributed by atoms with E-state index in [4.69, 9.17) is 5.11 Å². The molecule has 0 radical (unpaired) electrons. The van der Waals surface area contributed by atoms with Gasteiger partial charge < -0.3 is 5.11 Å². The Kier molecular flexibility index (Phi) is 2.31. The highest BCUT2D eigenvalue weighted by Gasteiger charge is 2.25. The third-order valence-electron chi connectivity index (χ3n) is 3.34. The van der Waals surface area contributed by atoms with E-state index in [-0.39, 0.29) is 6.42 Å². The molecule has 2 aromatic heterocycles. The van der Waals surface area contributed by atoms with Crippen molar-refractivity contribution in [1.82, 2.24) is 14.6 Å². The smallest absolute Gasteiger partial charge is 0.309 e. The summed E-state index contributed by atoms with van der Waals surface area (Å²) in [6.07, 6.45) is 3.49. The molecule has 5 nitrogen and oxygen atoms in total. The van der Waals surface area contributed by atoms with E-state index in [1.165, 1.54) is 6.42 Å². The molecular weight excluding hydrogens is 218 g/mol. The molecule has 2 aromatic rings. The highest BCUT2D eigenvalue weighted by Crippen LogP contribution is 2.35. The molecule has 5 heteroatoms. The summed E-state index contributed by atoms with van der Waals surface area (Å²) in [5, 5.41) is 17.2. The Hall–Kier alpha value is -1.91. The Bertz CT molecular complexity index is 572. The molecule has 2 heterocycles. The number of aliphatic carboxylic acids is 1. The zero-order chi connectivity index (χ0) is 11.8. The maximum atomic E-state index is 10.8. The molecular formula is C12H13N3O2. The molecule has 0 bridgehead atoms. The van der Waals surface area contributed by atoms with Crippen LogP contribution in [-0.2, 0) is 11.2 Å². The van der Waals surface area contributed by atoms with E-state index in [0.29, 0.717) is 5.92 Å². The molecule has 17 heavy (non-hydrogen) atoms. The number of carboxylic acids is 1.